The van der Waals surface area contributed by atoms with Gasteiger partial charge in [0.05, 0.1) is 0 Å². The van der Waals surface area contributed by atoms with E-state index in [1.54, 1.807) is 28.2 Å². The predicted molar refractivity (Wildman–Crippen MR) is 120 cm³/mol. The van der Waals surface area contributed by atoms with Gasteiger partial charge in [-0.3, -0.25) is 9.59 Å². The van der Waals surface area contributed by atoms with E-state index in [1.165, 1.54) is 6.07 Å². The highest BCUT2D eigenvalue weighted by molar-refractivity contribution is 6.01. The van der Waals surface area contributed by atoms with E-state index in [-0.39, 0.29) is 41.9 Å². The predicted octanol–water partition coefficient (Wildman–Crippen LogP) is 4.84. The molecule has 4 rings (SSSR count). The maximum absolute atomic E-state index is 13.8. The number of amides is 1. The number of benzene rings is 2. The molecule has 2 aromatic carbocycles. The monoisotopic (exact) mass is 436 g/mol. The number of ether oxygens (including phenoxy) is 1. The quantitative estimate of drug-likeness (QED) is 0.673. The van der Waals surface area contributed by atoms with Crippen LogP contribution in [0.5, 0.6) is 5.75 Å². The summed E-state index contributed by atoms with van der Waals surface area (Å²) < 4.78 is 19.6. The zero-order chi connectivity index (χ0) is 23.0. The van der Waals surface area contributed by atoms with Crippen molar-refractivity contribution in [2.45, 2.75) is 45.6 Å². The van der Waals surface area contributed by atoms with Gasteiger partial charge in [-0.1, -0.05) is 44.2 Å². The Kier molecular flexibility index (Phi) is 5.91. The molecule has 2 aliphatic rings. The molecule has 0 spiro atoms. The van der Waals surface area contributed by atoms with Crippen LogP contribution in [0, 0.1) is 11.2 Å². The fourth-order valence-electron chi connectivity index (χ4n) is 4.72. The average molecular weight is 437 g/mol. The van der Waals surface area contributed by atoms with Crippen LogP contribution in [0.1, 0.15) is 50.2 Å². The van der Waals surface area contributed by atoms with Crippen LogP contribution in [0.15, 0.2) is 59.8 Å². The van der Waals surface area contributed by atoms with Gasteiger partial charge in [-0.2, -0.15) is 0 Å². The lowest BCUT2D eigenvalue weighted by molar-refractivity contribution is -0.143. The number of halogens is 1. The van der Waals surface area contributed by atoms with Crippen LogP contribution < -0.4 is 4.74 Å². The maximum atomic E-state index is 13.8. The van der Waals surface area contributed by atoms with E-state index in [9.17, 15) is 14.0 Å². The van der Waals surface area contributed by atoms with Crippen molar-refractivity contribution in [2.75, 3.05) is 14.1 Å². The van der Waals surface area contributed by atoms with Crippen molar-refractivity contribution in [3.63, 3.8) is 0 Å². The number of carbonyl (C=O) groups excluding carboxylic acids is 2. The highest BCUT2D eigenvalue weighted by Crippen LogP contribution is 2.47. The third-order valence-electron chi connectivity index (χ3n) is 6.15. The molecule has 0 saturated heterocycles. The molecule has 0 bridgehead atoms. The molecular formula is C26H29FN2O3. The van der Waals surface area contributed by atoms with E-state index in [4.69, 9.17) is 4.74 Å². The summed E-state index contributed by atoms with van der Waals surface area (Å²) >= 11 is 0. The largest absolute Gasteiger partial charge is 0.489 e. The summed E-state index contributed by atoms with van der Waals surface area (Å²) in [5.41, 5.74) is 2.78. The maximum Gasteiger partial charge on any atom is 0.242 e. The number of hydrogen-bond donors (Lipinski definition) is 0. The smallest absolute Gasteiger partial charge is 0.242 e. The van der Waals surface area contributed by atoms with E-state index in [0.29, 0.717) is 24.2 Å². The first-order chi connectivity index (χ1) is 15.2. The fraction of sp³-hybridized carbons (Fsp3) is 0.385. The Morgan fingerprint density at radius 1 is 1.06 bits per heavy atom. The number of hydrazine groups is 1. The van der Waals surface area contributed by atoms with Gasteiger partial charge in [0.1, 0.15) is 18.2 Å². The van der Waals surface area contributed by atoms with Crippen LogP contribution in [0.4, 0.5) is 4.39 Å². The number of ketones is 1. The number of nitrogens with zero attached hydrogens (tertiary/aromatic N) is 2. The topological polar surface area (TPSA) is 49.9 Å². The summed E-state index contributed by atoms with van der Waals surface area (Å²) in [4.78, 5) is 26.2. The SMILES string of the molecule is CN(C)N1C(=O)CC(c2ccc(OCc3ccccc3F)cc2)C2=C1CC(C)(C)CC2=O. The molecule has 0 radical (unpaired) electrons. The van der Waals surface area contributed by atoms with Crippen molar-refractivity contribution >= 4 is 11.7 Å². The van der Waals surface area contributed by atoms with Gasteiger partial charge in [-0.25, -0.2) is 14.4 Å². The van der Waals surface area contributed by atoms with Crippen LogP contribution in [0.25, 0.3) is 0 Å². The summed E-state index contributed by atoms with van der Waals surface area (Å²) in [5.74, 6) is 0.148. The average Bonchev–Trinajstić information content (AvgIpc) is 2.71. The van der Waals surface area contributed by atoms with Gasteiger partial charge in [0, 0.05) is 49.7 Å². The minimum absolute atomic E-state index is 0.0101. The summed E-state index contributed by atoms with van der Waals surface area (Å²) in [6, 6.07) is 14.0. The van der Waals surface area contributed by atoms with Gasteiger partial charge < -0.3 is 4.74 Å². The third-order valence-corrected chi connectivity index (χ3v) is 6.15. The molecule has 0 aromatic heterocycles. The lowest BCUT2D eigenvalue weighted by Crippen LogP contribution is -2.49. The Morgan fingerprint density at radius 3 is 2.41 bits per heavy atom. The van der Waals surface area contributed by atoms with Gasteiger partial charge in [0.25, 0.3) is 0 Å². The molecule has 0 fully saturated rings. The molecule has 1 heterocycles. The highest BCUT2D eigenvalue weighted by atomic mass is 19.1. The standard InChI is InChI=1S/C26H29FN2O3/c1-26(2)14-22-25(23(30)15-26)20(13-24(31)29(22)28(3)4)17-9-11-19(12-10-17)32-16-18-7-5-6-8-21(18)27/h5-12,20H,13-16H2,1-4H3. The molecule has 1 aliphatic carbocycles. The van der Waals surface area contributed by atoms with E-state index < -0.39 is 0 Å². The molecule has 1 amide bonds. The van der Waals surface area contributed by atoms with Crippen molar-refractivity contribution < 1.29 is 18.7 Å². The second-order valence-electron chi connectivity index (χ2n) is 9.56. The van der Waals surface area contributed by atoms with Crippen molar-refractivity contribution in [3.8, 4) is 5.75 Å². The first-order valence-corrected chi connectivity index (χ1v) is 10.9. The summed E-state index contributed by atoms with van der Waals surface area (Å²) in [7, 11) is 3.66. The Bertz CT molecular complexity index is 1070. The summed E-state index contributed by atoms with van der Waals surface area (Å²) in [6.07, 6.45) is 1.40. The van der Waals surface area contributed by atoms with Gasteiger partial charge in [-0.15, -0.1) is 0 Å². The van der Waals surface area contributed by atoms with E-state index in [0.717, 1.165) is 16.8 Å². The number of allylic oxidation sites excluding steroid dienone is 2. The normalized spacial score (nSPS) is 20.6. The number of hydrogen-bond acceptors (Lipinski definition) is 4. The molecule has 32 heavy (non-hydrogen) atoms. The summed E-state index contributed by atoms with van der Waals surface area (Å²) in [6.45, 7) is 4.27. The fourth-order valence-corrected chi connectivity index (χ4v) is 4.72. The molecule has 2 aromatic rings. The molecule has 6 heteroatoms. The number of Topliss-reactive ketones (excluding diaryl/α,β-unsaturated/α-hetero) is 1. The van der Waals surface area contributed by atoms with Crippen molar-refractivity contribution in [1.29, 1.82) is 0 Å². The molecule has 1 atom stereocenters. The second kappa shape index (κ2) is 8.51. The van der Waals surface area contributed by atoms with Crippen molar-refractivity contribution in [3.05, 3.63) is 76.7 Å². The number of rotatable bonds is 5. The van der Waals surface area contributed by atoms with Crippen LogP contribution in [0.3, 0.4) is 0 Å². The van der Waals surface area contributed by atoms with Gasteiger partial charge >= 0.3 is 0 Å². The van der Waals surface area contributed by atoms with Crippen molar-refractivity contribution in [2.24, 2.45) is 5.41 Å². The van der Waals surface area contributed by atoms with Crippen molar-refractivity contribution in [1.82, 2.24) is 10.0 Å². The van der Waals surface area contributed by atoms with E-state index in [2.05, 4.69) is 13.8 Å². The molecule has 5 nitrogen and oxygen atoms in total. The Labute approximate surface area is 188 Å². The molecular weight excluding hydrogens is 407 g/mol. The minimum Gasteiger partial charge on any atom is -0.489 e. The molecule has 0 saturated carbocycles. The lowest BCUT2D eigenvalue weighted by Gasteiger charge is -2.44. The summed E-state index contributed by atoms with van der Waals surface area (Å²) in [5, 5.41) is 3.43. The molecule has 0 N–H and O–H groups in total. The first kappa shape index (κ1) is 22.2. The molecule has 1 aliphatic heterocycles. The van der Waals surface area contributed by atoms with Crippen LogP contribution in [-0.4, -0.2) is 35.8 Å². The van der Waals surface area contributed by atoms with Gasteiger partial charge in [0.2, 0.25) is 5.91 Å². The van der Waals surface area contributed by atoms with E-state index in [1.807, 2.05) is 38.4 Å². The van der Waals surface area contributed by atoms with Gasteiger partial charge in [0.15, 0.2) is 5.78 Å². The van der Waals surface area contributed by atoms with Gasteiger partial charge in [-0.05, 0) is 35.6 Å². The Balaban J connectivity index is 1.61. The number of carbonyl (C=O) groups is 2. The highest BCUT2D eigenvalue weighted by Gasteiger charge is 2.44. The van der Waals surface area contributed by atoms with E-state index >= 15 is 0 Å². The first-order valence-electron chi connectivity index (χ1n) is 10.9. The van der Waals surface area contributed by atoms with Crippen LogP contribution in [-0.2, 0) is 16.2 Å². The molecule has 1 unspecified atom stereocenters. The minimum atomic E-state index is -0.298. The zero-order valence-corrected chi connectivity index (χ0v) is 19.0. The lowest BCUT2D eigenvalue weighted by atomic mass is 9.69. The Morgan fingerprint density at radius 2 is 1.75 bits per heavy atom. The van der Waals surface area contributed by atoms with Crippen LogP contribution in [0.2, 0.25) is 0 Å². The Hall–Kier alpha value is -2.99. The second-order valence-corrected chi connectivity index (χ2v) is 9.56. The van der Waals surface area contributed by atoms with Crippen LogP contribution >= 0.6 is 0 Å². The zero-order valence-electron chi connectivity index (χ0n) is 19.0. The molecule has 168 valence electrons. The third kappa shape index (κ3) is 4.32.